The fourth-order valence-corrected chi connectivity index (χ4v) is 2.55. The van der Waals surface area contributed by atoms with Gasteiger partial charge < -0.3 is 19.7 Å². The Balaban J connectivity index is 2.67. The highest BCUT2D eigenvalue weighted by Crippen LogP contribution is 2.31. The lowest BCUT2D eigenvalue weighted by molar-refractivity contribution is -0.138. The molecule has 1 unspecified atom stereocenters. The van der Waals surface area contributed by atoms with E-state index in [2.05, 4.69) is 19.2 Å². The molecule has 5 nitrogen and oxygen atoms in total. The monoisotopic (exact) mass is 272 g/mol. The molecule has 1 amide bonds. The molecule has 0 saturated carbocycles. The average Bonchev–Trinajstić information content (AvgIpc) is 2.38. The van der Waals surface area contributed by atoms with Crippen molar-refractivity contribution in [3.63, 3.8) is 0 Å². The number of nitrogens with one attached hydrogen (secondary N) is 1. The van der Waals surface area contributed by atoms with Gasteiger partial charge in [0.15, 0.2) is 0 Å². The third-order valence-corrected chi connectivity index (χ3v) is 3.82. The third kappa shape index (κ3) is 4.75. The van der Waals surface area contributed by atoms with Crippen LogP contribution in [0.2, 0.25) is 0 Å². The molecule has 0 aliphatic carbocycles. The molecule has 19 heavy (non-hydrogen) atoms. The Kier molecular flexibility index (Phi) is 6.75. The zero-order chi connectivity index (χ0) is 14.3. The third-order valence-electron chi connectivity index (χ3n) is 3.82. The Morgan fingerprint density at radius 3 is 2.32 bits per heavy atom. The summed E-state index contributed by atoms with van der Waals surface area (Å²) in [5.41, 5.74) is 0.00767. The maximum Gasteiger partial charge on any atom is 0.240 e. The predicted molar refractivity (Wildman–Crippen MR) is 75.1 cm³/mol. The van der Waals surface area contributed by atoms with Crippen molar-refractivity contribution in [1.82, 2.24) is 10.2 Å². The molecule has 112 valence electrons. The van der Waals surface area contributed by atoms with Crippen molar-refractivity contribution in [3.05, 3.63) is 0 Å². The van der Waals surface area contributed by atoms with Crippen LogP contribution in [0.5, 0.6) is 0 Å². The van der Waals surface area contributed by atoms with Gasteiger partial charge in [0.05, 0.1) is 19.3 Å². The van der Waals surface area contributed by atoms with Crippen molar-refractivity contribution in [1.29, 1.82) is 0 Å². The maximum absolute atomic E-state index is 12.7. The number of hydrogen-bond acceptors (Lipinski definition) is 4. The summed E-state index contributed by atoms with van der Waals surface area (Å²) >= 11 is 0. The van der Waals surface area contributed by atoms with E-state index in [1.807, 2.05) is 4.90 Å². The van der Waals surface area contributed by atoms with Gasteiger partial charge in [0.25, 0.3) is 0 Å². The van der Waals surface area contributed by atoms with Gasteiger partial charge in [0.2, 0.25) is 5.91 Å². The fraction of sp³-hybridized carbons (Fsp3) is 0.929. The number of nitrogens with zero attached hydrogens (tertiary/aromatic N) is 1. The number of methoxy groups -OCH3 is 2. The molecule has 1 atom stereocenters. The molecule has 0 spiro atoms. The van der Waals surface area contributed by atoms with E-state index >= 15 is 0 Å². The molecule has 5 heteroatoms. The molecule has 0 radical (unpaired) electrons. The molecule has 1 saturated heterocycles. The predicted octanol–water partition coefficient (Wildman–Crippen LogP) is 0.886. The molecule has 1 heterocycles. The molecule has 1 aliphatic rings. The largest absolute Gasteiger partial charge is 0.383 e. The highest BCUT2D eigenvalue weighted by atomic mass is 16.5. The summed E-state index contributed by atoms with van der Waals surface area (Å²) in [4.78, 5) is 14.5. The smallest absolute Gasteiger partial charge is 0.240 e. The van der Waals surface area contributed by atoms with E-state index in [9.17, 15) is 4.79 Å². The number of hydrogen-bond donors (Lipinski definition) is 1. The Bertz CT molecular complexity index is 274. The number of carbonyl (C=O) groups excluding carboxylic acids is 1. The minimum atomic E-state index is -0.102. The van der Waals surface area contributed by atoms with E-state index in [0.29, 0.717) is 26.3 Å². The Labute approximate surface area is 116 Å². The van der Waals surface area contributed by atoms with E-state index in [1.165, 1.54) is 0 Å². The summed E-state index contributed by atoms with van der Waals surface area (Å²) in [5, 5.41) is 3.37. The van der Waals surface area contributed by atoms with E-state index in [0.717, 1.165) is 19.4 Å². The minimum absolute atomic E-state index is 0.00767. The molecular weight excluding hydrogens is 244 g/mol. The highest BCUT2D eigenvalue weighted by Gasteiger charge is 2.38. The van der Waals surface area contributed by atoms with Crippen LogP contribution in [-0.2, 0) is 14.3 Å². The number of rotatable bonds is 7. The van der Waals surface area contributed by atoms with Crippen LogP contribution in [-0.4, -0.2) is 63.9 Å². The number of amides is 1. The van der Waals surface area contributed by atoms with Gasteiger partial charge in [-0.1, -0.05) is 13.8 Å². The van der Waals surface area contributed by atoms with Gasteiger partial charge in [-0.25, -0.2) is 0 Å². The lowest BCUT2D eigenvalue weighted by Gasteiger charge is -2.40. The van der Waals surface area contributed by atoms with Gasteiger partial charge in [-0.3, -0.25) is 4.79 Å². The SMILES string of the molecule is COCCN(CCOC)C(=O)C1NCCCC1(C)C. The summed E-state index contributed by atoms with van der Waals surface area (Å²) < 4.78 is 10.2. The fourth-order valence-electron chi connectivity index (χ4n) is 2.55. The number of ether oxygens (including phenoxy) is 2. The van der Waals surface area contributed by atoms with Crippen molar-refractivity contribution < 1.29 is 14.3 Å². The minimum Gasteiger partial charge on any atom is -0.383 e. The highest BCUT2D eigenvalue weighted by molar-refractivity contribution is 5.83. The first-order valence-electron chi connectivity index (χ1n) is 7.03. The van der Waals surface area contributed by atoms with Crippen LogP contribution < -0.4 is 5.32 Å². The maximum atomic E-state index is 12.7. The first-order valence-corrected chi connectivity index (χ1v) is 7.03. The summed E-state index contributed by atoms with van der Waals surface area (Å²) in [6, 6.07) is -0.102. The van der Waals surface area contributed by atoms with Crippen molar-refractivity contribution in [2.45, 2.75) is 32.7 Å². The lowest BCUT2D eigenvalue weighted by atomic mass is 9.77. The molecule has 1 N–H and O–H groups in total. The Morgan fingerprint density at radius 1 is 1.26 bits per heavy atom. The summed E-state index contributed by atoms with van der Waals surface area (Å²) in [6.07, 6.45) is 2.21. The molecule has 0 aromatic rings. The normalized spacial score (nSPS) is 22.2. The summed E-state index contributed by atoms with van der Waals surface area (Å²) in [6.45, 7) is 7.59. The van der Waals surface area contributed by atoms with Crippen LogP contribution in [0.25, 0.3) is 0 Å². The first kappa shape index (κ1) is 16.4. The second-order valence-corrected chi connectivity index (χ2v) is 5.79. The van der Waals surface area contributed by atoms with E-state index in [4.69, 9.17) is 9.47 Å². The lowest BCUT2D eigenvalue weighted by Crippen LogP contribution is -2.57. The molecule has 1 aliphatic heterocycles. The Morgan fingerprint density at radius 2 is 1.84 bits per heavy atom. The summed E-state index contributed by atoms with van der Waals surface area (Å²) in [5.74, 6) is 0.166. The molecule has 0 aromatic carbocycles. The van der Waals surface area contributed by atoms with E-state index in [1.54, 1.807) is 14.2 Å². The zero-order valence-corrected chi connectivity index (χ0v) is 12.7. The summed E-state index contributed by atoms with van der Waals surface area (Å²) in [7, 11) is 3.31. The van der Waals surface area contributed by atoms with Gasteiger partial charge in [0.1, 0.15) is 0 Å². The molecule has 0 bridgehead atoms. The van der Waals surface area contributed by atoms with Gasteiger partial charge >= 0.3 is 0 Å². The van der Waals surface area contributed by atoms with Gasteiger partial charge in [0, 0.05) is 27.3 Å². The zero-order valence-electron chi connectivity index (χ0n) is 12.7. The Hall–Kier alpha value is -0.650. The van der Waals surface area contributed by atoms with Crippen LogP contribution in [0.3, 0.4) is 0 Å². The van der Waals surface area contributed by atoms with Crippen LogP contribution in [0.1, 0.15) is 26.7 Å². The van der Waals surface area contributed by atoms with Crippen LogP contribution in [0.4, 0.5) is 0 Å². The van der Waals surface area contributed by atoms with E-state index in [-0.39, 0.29) is 17.4 Å². The van der Waals surface area contributed by atoms with Crippen molar-refractivity contribution >= 4 is 5.91 Å². The standard InChI is InChI=1S/C14H28N2O3/c1-14(2)6-5-7-15-12(14)13(17)16(8-10-18-3)9-11-19-4/h12,15H,5-11H2,1-4H3. The van der Waals surface area contributed by atoms with Gasteiger partial charge in [-0.2, -0.15) is 0 Å². The molecule has 1 rings (SSSR count). The molecular formula is C14H28N2O3. The van der Waals surface area contributed by atoms with Gasteiger partial charge in [-0.15, -0.1) is 0 Å². The number of carbonyl (C=O) groups is 1. The molecule has 0 aromatic heterocycles. The van der Waals surface area contributed by atoms with Crippen molar-refractivity contribution in [2.24, 2.45) is 5.41 Å². The first-order chi connectivity index (χ1) is 9.03. The number of piperidine rings is 1. The topological polar surface area (TPSA) is 50.8 Å². The second kappa shape index (κ2) is 7.82. The van der Waals surface area contributed by atoms with Crippen LogP contribution in [0, 0.1) is 5.41 Å². The van der Waals surface area contributed by atoms with Crippen molar-refractivity contribution in [2.75, 3.05) is 47.1 Å². The molecule has 1 fully saturated rings. The average molecular weight is 272 g/mol. The van der Waals surface area contributed by atoms with Gasteiger partial charge in [-0.05, 0) is 24.8 Å². The second-order valence-electron chi connectivity index (χ2n) is 5.79. The van der Waals surface area contributed by atoms with E-state index < -0.39 is 0 Å². The van der Waals surface area contributed by atoms with Crippen LogP contribution >= 0.6 is 0 Å². The van der Waals surface area contributed by atoms with Crippen molar-refractivity contribution in [3.8, 4) is 0 Å². The quantitative estimate of drug-likeness (QED) is 0.748. The van der Waals surface area contributed by atoms with Crippen LogP contribution in [0.15, 0.2) is 0 Å².